The van der Waals surface area contributed by atoms with Crippen LogP contribution in [-0.4, -0.2) is 63.8 Å². The molecule has 2 amide bonds. The van der Waals surface area contributed by atoms with E-state index < -0.39 is 16.9 Å². The van der Waals surface area contributed by atoms with E-state index in [2.05, 4.69) is 15.1 Å². The molecule has 1 aromatic rings. The summed E-state index contributed by atoms with van der Waals surface area (Å²) in [4.78, 5) is 28.2. The topological polar surface area (TPSA) is 102 Å². The van der Waals surface area contributed by atoms with Gasteiger partial charge in [-0.2, -0.15) is 10.2 Å². The van der Waals surface area contributed by atoms with Crippen molar-refractivity contribution in [2.45, 2.75) is 45.1 Å². The van der Waals surface area contributed by atoms with Crippen LogP contribution < -0.4 is 5.73 Å². The average molecular weight is 373 g/mol. The van der Waals surface area contributed by atoms with E-state index in [9.17, 15) is 9.59 Å². The summed E-state index contributed by atoms with van der Waals surface area (Å²) in [5, 5.41) is 8.17. The summed E-state index contributed by atoms with van der Waals surface area (Å²) in [6, 6.07) is 1.87. The van der Waals surface area contributed by atoms with Crippen LogP contribution in [0.1, 0.15) is 45.4 Å². The van der Waals surface area contributed by atoms with Gasteiger partial charge in [0.05, 0.1) is 17.3 Å². The third kappa shape index (κ3) is 3.74. The highest BCUT2D eigenvalue weighted by atomic mass is 16.6. The number of carbonyl (C=O) groups is 2. The lowest BCUT2D eigenvalue weighted by Gasteiger charge is -2.40. The van der Waals surface area contributed by atoms with E-state index >= 15 is 0 Å². The molecule has 1 aliphatic heterocycles. The van der Waals surface area contributed by atoms with Gasteiger partial charge >= 0.3 is 6.09 Å². The van der Waals surface area contributed by atoms with Crippen LogP contribution >= 0.6 is 0 Å². The highest BCUT2D eigenvalue weighted by Gasteiger charge is 2.41. The Kier molecular flexibility index (Phi) is 4.84. The second-order valence-electron chi connectivity index (χ2n) is 8.24. The maximum absolute atomic E-state index is 12.3. The van der Waals surface area contributed by atoms with Crippen molar-refractivity contribution in [3.05, 3.63) is 29.6 Å². The number of carbonyl (C=O) groups excluding carboxylic acids is 2. The second-order valence-corrected chi connectivity index (χ2v) is 8.24. The number of nitrogens with zero attached hydrogens (tertiary/aromatic N) is 4. The molecule has 0 aromatic carbocycles. The number of ether oxygens (including phenoxy) is 1. The Labute approximate surface area is 159 Å². The van der Waals surface area contributed by atoms with Crippen molar-refractivity contribution in [2.75, 3.05) is 26.2 Å². The van der Waals surface area contributed by atoms with Gasteiger partial charge in [0, 0.05) is 37.4 Å². The van der Waals surface area contributed by atoms with Crippen molar-refractivity contribution in [1.82, 2.24) is 20.0 Å². The molecule has 3 rings (SSSR count). The maximum atomic E-state index is 12.3. The molecule has 1 atom stereocenters. The van der Waals surface area contributed by atoms with Gasteiger partial charge in [0.1, 0.15) is 5.60 Å². The first kappa shape index (κ1) is 19.1. The highest BCUT2D eigenvalue weighted by Crippen LogP contribution is 2.38. The monoisotopic (exact) mass is 373 g/mol. The second kappa shape index (κ2) is 6.83. The third-order valence-electron chi connectivity index (χ3n) is 5.04. The van der Waals surface area contributed by atoms with Gasteiger partial charge in [-0.05, 0) is 40.2 Å². The largest absolute Gasteiger partial charge is 0.444 e. The standard InChI is InChI=1S/C19H27N5O3/c1-18(2,3)27-17(26)24-11-9-23(10-12-24)14-5-7-19(4,16(20)25)15-13(14)6-8-21-22-15/h5-6,8H,7,9-12H2,1-4H3,(H2,20,25). The molecule has 0 bridgehead atoms. The van der Waals surface area contributed by atoms with Crippen LogP contribution in [0.25, 0.3) is 5.70 Å². The first-order valence-electron chi connectivity index (χ1n) is 9.17. The fraction of sp³-hybridized carbons (Fsp3) is 0.579. The summed E-state index contributed by atoms with van der Waals surface area (Å²) in [6.45, 7) is 9.91. The molecule has 0 spiro atoms. The quantitative estimate of drug-likeness (QED) is 0.843. The van der Waals surface area contributed by atoms with Crippen molar-refractivity contribution >= 4 is 17.7 Å². The third-order valence-corrected chi connectivity index (χ3v) is 5.04. The molecule has 1 aliphatic carbocycles. The van der Waals surface area contributed by atoms with Gasteiger partial charge in [-0.3, -0.25) is 4.79 Å². The molecule has 8 nitrogen and oxygen atoms in total. The van der Waals surface area contributed by atoms with Crippen LogP contribution in [0, 0.1) is 0 Å². The van der Waals surface area contributed by atoms with Crippen molar-refractivity contribution in [2.24, 2.45) is 5.73 Å². The van der Waals surface area contributed by atoms with E-state index in [1.54, 1.807) is 18.0 Å². The Morgan fingerprint density at radius 3 is 2.48 bits per heavy atom. The molecular weight excluding hydrogens is 346 g/mol. The zero-order valence-corrected chi connectivity index (χ0v) is 16.4. The van der Waals surface area contributed by atoms with Crippen LogP contribution in [0.3, 0.4) is 0 Å². The van der Waals surface area contributed by atoms with E-state index in [1.165, 1.54) is 0 Å². The maximum Gasteiger partial charge on any atom is 0.410 e. The number of allylic oxidation sites excluding steroid dienone is 1. The summed E-state index contributed by atoms with van der Waals surface area (Å²) in [7, 11) is 0. The van der Waals surface area contributed by atoms with Crippen molar-refractivity contribution in [3.63, 3.8) is 0 Å². The minimum atomic E-state index is -0.856. The van der Waals surface area contributed by atoms with E-state index in [1.807, 2.05) is 32.9 Å². The molecule has 1 aromatic heterocycles. The molecule has 1 fully saturated rings. The van der Waals surface area contributed by atoms with Crippen LogP contribution in [0.2, 0.25) is 0 Å². The number of hydrogen-bond acceptors (Lipinski definition) is 6. The molecule has 2 heterocycles. The number of fused-ring (bicyclic) bond motifs is 1. The number of amides is 2. The van der Waals surface area contributed by atoms with E-state index in [-0.39, 0.29) is 6.09 Å². The summed E-state index contributed by atoms with van der Waals surface area (Å²) in [6.07, 6.45) is 3.86. The van der Waals surface area contributed by atoms with Crippen LogP contribution in [0.15, 0.2) is 18.3 Å². The Balaban J connectivity index is 1.75. The number of rotatable bonds is 2. The van der Waals surface area contributed by atoms with Crippen LogP contribution in [0.4, 0.5) is 4.79 Å². The predicted molar refractivity (Wildman–Crippen MR) is 101 cm³/mol. The van der Waals surface area contributed by atoms with Crippen molar-refractivity contribution in [3.8, 4) is 0 Å². The molecule has 0 radical (unpaired) electrons. The Hall–Kier alpha value is -2.64. The molecule has 2 aliphatic rings. The first-order valence-corrected chi connectivity index (χ1v) is 9.17. The predicted octanol–water partition coefficient (Wildman–Crippen LogP) is 1.52. The molecule has 146 valence electrons. The smallest absolute Gasteiger partial charge is 0.410 e. The average Bonchev–Trinajstić information content (AvgIpc) is 2.61. The molecule has 2 N–H and O–H groups in total. The Morgan fingerprint density at radius 1 is 1.22 bits per heavy atom. The minimum Gasteiger partial charge on any atom is -0.444 e. The number of primary amides is 1. The zero-order chi connectivity index (χ0) is 19.8. The summed E-state index contributed by atoms with van der Waals surface area (Å²) in [5.74, 6) is -0.408. The highest BCUT2D eigenvalue weighted by molar-refractivity contribution is 5.89. The minimum absolute atomic E-state index is 0.285. The summed E-state index contributed by atoms with van der Waals surface area (Å²) >= 11 is 0. The fourth-order valence-corrected chi connectivity index (χ4v) is 3.43. The molecule has 1 saturated heterocycles. The normalized spacial score (nSPS) is 22.7. The number of piperazine rings is 1. The van der Waals surface area contributed by atoms with Crippen molar-refractivity contribution in [1.29, 1.82) is 0 Å². The molecule has 0 saturated carbocycles. The lowest BCUT2D eigenvalue weighted by Crippen LogP contribution is -2.50. The van der Waals surface area contributed by atoms with Gasteiger partial charge in [-0.15, -0.1) is 0 Å². The number of aromatic nitrogens is 2. The lowest BCUT2D eigenvalue weighted by atomic mass is 9.76. The molecule has 8 heteroatoms. The molecule has 1 unspecified atom stereocenters. The molecule has 27 heavy (non-hydrogen) atoms. The fourth-order valence-electron chi connectivity index (χ4n) is 3.43. The summed E-state index contributed by atoms with van der Waals surface area (Å²) in [5.41, 5.74) is 6.79. The van der Waals surface area contributed by atoms with E-state index in [4.69, 9.17) is 10.5 Å². The van der Waals surface area contributed by atoms with Gasteiger partial charge in [0.15, 0.2) is 0 Å². The van der Waals surface area contributed by atoms with E-state index in [0.717, 1.165) is 11.3 Å². The SMILES string of the molecule is CC(C)(C)OC(=O)N1CCN(C2=CCC(C)(C(N)=O)c3nnccc32)CC1. The van der Waals surface area contributed by atoms with Crippen LogP contribution in [-0.2, 0) is 14.9 Å². The zero-order valence-electron chi connectivity index (χ0n) is 16.4. The van der Waals surface area contributed by atoms with Crippen LogP contribution in [0.5, 0.6) is 0 Å². The van der Waals surface area contributed by atoms with Gasteiger partial charge in [0.2, 0.25) is 5.91 Å². The summed E-state index contributed by atoms with van der Waals surface area (Å²) < 4.78 is 5.45. The lowest BCUT2D eigenvalue weighted by molar-refractivity contribution is -0.123. The Bertz CT molecular complexity index is 778. The molecular formula is C19H27N5O3. The van der Waals surface area contributed by atoms with Crippen molar-refractivity contribution < 1.29 is 14.3 Å². The number of nitrogens with two attached hydrogens (primary N) is 1. The first-order chi connectivity index (χ1) is 12.6. The van der Waals surface area contributed by atoms with Gasteiger partial charge < -0.3 is 20.3 Å². The van der Waals surface area contributed by atoms with Gasteiger partial charge in [-0.25, -0.2) is 4.79 Å². The van der Waals surface area contributed by atoms with Gasteiger partial charge in [-0.1, -0.05) is 6.08 Å². The van der Waals surface area contributed by atoms with E-state index in [0.29, 0.717) is 38.3 Å². The van der Waals surface area contributed by atoms with Gasteiger partial charge in [0.25, 0.3) is 0 Å². The number of hydrogen-bond donors (Lipinski definition) is 1. The Morgan fingerprint density at radius 2 is 1.89 bits per heavy atom.